The van der Waals surface area contributed by atoms with E-state index >= 15 is 0 Å². The summed E-state index contributed by atoms with van der Waals surface area (Å²) in [5.41, 5.74) is 0.0112. The molecular formula is C14H12N4O3S. The van der Waals surface area contributed by atoms with E-state index in [0.717, 1.165) is 10.1 Å². The van der Waals surface area contributed by atoms with Crippen LogP contribution in [0.25, 0.3) is 10.6 Å². The summed E-state index contributed by atoms with van der Waals surface area (Å²) in [5.74, 6) is 0.156. The Morgan fingerprint density at radius 3 is 2.82 bits per heavy atom. The van der Waals surface area contributed by atoms with Crippen molar-refractivity contribution in [2.75, 3.05) is 0 Å². The van der Waals surface area contributed by atoms with Crippen molar-refractivity contribution in [1.82, 2.24) is 19.3 Å². The largest absolute Gasteiger partial charge is 0.508 e. The minimum atomic E-state index is -0.401. The van der Waals surface area contributed by atoms with Crippen LogP contribution in [-0.4, -0.2) is 24.4 Å². The second-order valence-electron chi connectivity index (χ2n) is 4.67. The number of aromatic hydroxyl groups is 1. The molecule has 0 saturated carbocycles. The molecule has 8 heteroatoms. The smallest absolute Gasteiger partial charge is 0.331 e. The van der Waals surface area contributed by atoms with Crippen molar-refractivity contribution in [3.05, 3.63) is 62.4 Å². The Hall–Kier alpha value is -2.74. The Morgan fingerprint density at radius 2 is 2.05 bits per heavy atom. The summed E-state index contributed by atoms with van der Waals surface area (Å²) in [6.45, 7) is 0.240. The molecule has 2 heterocycles. The quantitative estimate of drug-likeness (QED) is 0.772. The monoisotopic (exact) mass is 316 g/mol. The van der Waals surface area contributed by atoms with Gasteiger partial charge in [-0.1, -0.05) is 23.5 Å². The fourth-order valence-corrected chi connectivity index (χ4v) is 2.79. The molecule has 0 amide bonds. The zero-order chi connectivity index (χ0) is 15.7. The van der Waals surface area contributed by atoms with Crippen LogP contribution in [0.2, 0.25) is 0 Å². The van der Waals surface area contributed by atoms with Gasteiger partial charge in [-0.2, -0.15) is 0 Å². The molecule has 3 aromatic rings. The van der Waals surface area contributed by atoms with Gasteiger partial charge in [0, 0.05) is 24.9 Å². The van der Waals surface area contributed by atoms with E-state index in [4.69, 9.17) is 0 Å². The lowest BCUT2D eigenvalue weighted by Crippen LogP contribution is -2.37. The molecule has 7 nitrogen and oxygen atoms in total. The number of nitrogens with zero attached hydrogens (tertiary/aromatic N) is 4. The van der Waals surface area contributed by atoms with Crippen LogP contribution in [0.4, 0.5) is 0 Å². The summed E-state index contributed by atoms with van der Waals surface area (Å²) in [6.07, 6.45) is 1.44. The van der Waals surface area contributed by atoms with Crippen molar-refractivity contribution < 1.29 is 5.11 Å². The second kappa shape index (κ2) is 5.57. The third-order valence-corrected chi connectivity index (χ3v) is 4.08. The first kappa shape index (κ1) is 14.2. The van der Waals surface area contributed by atoms with E-state index in [0.29, 0.717) is 10.0 Å². The average Bonchev–Trinajstić information content (AvgIpc) is 2.97. The number of hydrogen-bond donors (Lipinski definition) is 1. The molecule has 2 aromatic heterocycles. The Balaban J connectivity index is 1.91. The third-order valence-electron chi connectivity index (χ3n) is 3.13. The molecule has 0 unspecified atom stereocenters. The van der Waals surface area contributed by atoms with Crippen molar-refractivity contribution in [3.8, 4) is 16.3 Å². The predicted molar refractivity (Wildman–Crippen MR) is 82.1 cm³/mol. The molecule has 0 fully saturated rings. The number of phenols is 1. The van der Waals surface area contributed by atoms with Gasteiger partial charge in [-0.15, -0.1) is 10.2 Å². The molecular weight excluding hydrogens is 304 g/mol. The van der Waals surface area contributed by atoms with Crippen LogP contribution in [0.5, 0.6) is 5.75 Å². The van der Waals surface area contributed by atoms with E-state index < -0.39 is 5.69 Å². The van der Waals surface area contributed by atoms with Gasteiger partial charge in [-0.25, -0.2) is 4.79 Å². The molecule has 1 N–H and O–H groups in total. The van der Waals surface area contributed by atoms with E-state index in [1.54, 1.807) is 18.2 Å². The number of aromatic nitrogens is 4. The molecule has 1 aromatic carbocycles. The molecule has 0 saturated heterocycles. The Labute approximate surface area is 128 Å². The highest BCUT2D eigenvalue weighted by Crippen LogP contribution is 2.26. The maximum Gasteiger partial charge on any atom is 0.331 e. The van der Waals surface area contributed by atoms with Crippen molar-refractivity contribution >= 4 is 11.3 Å². The van der Waals surface area contributed by atoms with Crippen LogP contribution in [0.1, 0.15) is 5.01 Å². The number of benzene rings is 1. The van der Waals surface area contributed by atoms with Gasteiger partial charge in [-0.05, 0) is 12.1 Å². The van der Waals surface area contributed by atoms with Crippen LogP contribution < -0.4 is 11.2 Å². The fraction of sp³-hybridized carbons (Fsp3) is 0.143. The zero-order valence-electron chi connectivity index (χ0n) is 11.6. The molecule has 0 aliphatic rings. The van der Waals surface area contributed by atoms with E-state index in [1.807, 2.05) is 6.07 Å². The second-order valence-corrected chi connectivity index (χ2v) is 5.74. The maximum atomic E-state index is 12.0. The summed E-state index contributed by atoms with van der Waals surface area (Å²) in [4.78, 5) is 23.3. The highest BCUT2D eigenvalue weighted by molar-refractivity contribution is 7.14. The van der Waals surface area contributed by atoms with Gasteiger partial charge in [0.2, 0.25) is 0 Å². The van der Waals surface area contributed by atoms with Crippen molar-refractivity contribution in [2.24, 2.45) is 7.05 Å². The van der Waals surface area contributed by atoms with Gasteiger partial charge >= 0.3 is 5.69 Å². The number of phenolic OH excluding ortho intramolecular Hbond substituents is 1. The first-order chi connectivity index (χ1) is 10.5. The topological polar surface area (TPSA) is 90.0 Å². The lowest BCUT2D eigenvalue weighted by molar-refractivity contribution is 0.475. The lowest BCUT2D eigenvalue weighted by atomic mass is 10.2. The van der Waals surface area contributed by atoms with Crippen molar-refractivity contribution in [3.63, 3.8) is 0 Å². The summed E-state index contributed by atoms with van der Waals surface area (Å²) < 4.78 is 2.44. The Bertz CT molecular complexity index is 942. The molecule has 0 radical (unpaired) electrons. The predicted octanol–water partition coefficient (Wildman–Crippen LogP) is 0.819. The van der Waals surface area contributed by atoms with Gasteiger partial charge in [-0.3, -0.25) is 13.9 Å². The minimum Gasteiger partial charge on any atom is -0.508 e. The van der Waals surface area contributed by atoms with Crippen molar-refractivity contribution in [1.29, 1.82) is 0 Å². The molecule has 112 valence electrons. The maximum absolute atomic E-state index is 12.0. The summed E-state index contributed by atoms with van der Waals surface area (Å²) >= 11 is 1.33. The van der Waals surface area contributed by atoms with Gasteiger partial charge in [0.1, 0.15) is 15.8 Å². The van der Waals surface area contributed by atoms with E-state index in [2.05, 4.69) is 10.2 Å². The SMILES string of the molecule is Cn1c(=O)ccn(Cc2nnc(-c3cccc(O)c3)s2)c1=O. The molecule has 0 spiro atoms. The zero-order valence-corrected chi connectivity index (χ0v) is 12.4. The molecule has 0 atom stereocenters. The Morgan fingerprint density at radius 1 is 1.23 bits per heavy atom. The van der Waals surface area contributed by atoms with Crippen LogP contribution in [0.3, 0.4) is 0 Å². The Kier molecular flexibility index (Phi) is 3.60. The van der Waals surface area contributed by atoms with Crippen LogP contribution >= 0.6 is 11.3 Å². The van der Waals surface area contributed by atoms with Gasteiger partial charge in [0.05, 0.1) is 6.54 Å². The molecule has 0 aliphatic heterocycles. The van der Waals surface area contributed by atoms with E-state index in [9.17, 15) is 14.7 Å². The number of hydrogen-bond acceptors (Lipinski definition) is 6. The highest BCUT2D eigenvalue weighted by atomic mass is 32.1. The molecule has 0 aliphatic carbocycles. The van der Waals surface area contributed by atoms with E-state index in [1.165, 1.54) is 35.2 Å². The normalized spacial score (nSPS) is 10.8. The average molecular weight is 316 g/mol. The lowest BCUT2D eigenvalue weighted by Gasteiger charge is -2.03. The first-order valence-electron chi connectivity index (χ1n) is 6.43. The third kappa shape index (κ3) is 2.68. The summed E-state index contributed by atoms with van der Waals surface area (Å²) in [7, 11) is 1.43. The van der Waals surface area contributed by atoms with Gasteiger partial charge in [0.15, 0.2) is 0 Å². The summed E-state index contributed by atoms with van der Waals surface area (Å²) in [6, 6.07) is 8.06. The summed E-state index contributed by atoms with van der Waals surface area (Å²) in [5, 5.41) is 18.9. The van der Waals surface area contributed by atoms with Crippen LogP contribution in [-0.2, 0) is 13.6 Å². The molecule has 22 heavy (non-hydrogen) atoms. The minimum absolute atomic E-state index is 0.156. The number of rotatable bonds is 3. The molecule has 0 bridgehead atoms. The van der Waals surface area contributed by atoms with Crippen molar-refractivity contribution in [2.45, 2.75) is 6.54 Å². The first-order valence-corrected chi connectivity index (χ1v) is 7.24. The van der Waals surface area contributed by atoms with Gasteiger partial charge < -0.3 is 5.11 Å². The van der Waals surface area contributed by atoms with Crippen LogP contribution in [0, 0.1) is 0 Å². The van der Waals surface area contributed by atoms with E-state index in [-0.39, 0.29) is 17.9 Å². The van der Waals surface area contributed by atoms with Crippen LogP contribution in [0.15, 0.2) is 46.1 Å². The standard InChI is InChI=1S/C14H12N4O3S/c1-17-12(20)5-6-18(14(17)21)8-11-15-16-13(22-11)9-3-2-4-10(19)7-9/h2-7,19H,8H2,1H3. The van der Waals surface area contributed by atoms with Gasteiger partial charge in [0.25, 0.3) is 5.56 Å². The fourth-order valence-electron chi connectivity index (χ4n) is 1.96. The highest BCUT2D eigenvalue weighted by Gasteiger charge is 2.09. The molecule has 3 rings (SSSR count).